The number of carbonyl (C=O) groups excluding carboxylic acids is 1. The van der Waals surface area contributed by atoms with E-state index in [1.807, 2.05) is 26.8 Å². The van der Waals surface area contributed by atoms with E-state index >= 15 is 0 Å². The molecular weight excluding hydrogens is 232 g/mol. The molecule has 0 aromatic heterocycles. The van der Waals surface area contributed by atoms with Crippen LogP contribution in [0.4, 0.5) is 0 Å². The Morgan fingerprint density at radius 3 is 2.22 bits per heavy atom. The molecule has 0 amide bonds. The van der Waals surface area contributed by atoms with Crippen molar-refractivity contribution in [1.29, 1.82) is 0 Å². The average molecular weight is 248 g/mol. The number of ketones is 1. The number of carboxylic acid groups (broad SMARTS) is 1. The van der Waals surface area contributed by atoms with E-state index in [2.05, 4.69) is 0 Å². The van der Waals surface area contributed by atoms with Gasteiger partial charge in [-0.1, -0.05) is 12.1 Å². The van der Waals surface area contributed by atoms with Crippen molar-refractivity contribution in [3.05, 3.63) is 34.4 Å². The van der Waals surface area contributed by atoms with Crippen LogP contribution in [0.3, 0.4) is 0 Å². The number of hydrogen-bond acceptors (Lipinski definition) is 3. The summed E-state index contributed by atoms with van der Waals surface area (Å²) >= 11 is 0. The van der Waals surface area contributed by atoms with Gasteiger partial charge in [-0.25, -0.2) is 0 Å². The zero-order valence-electron chi connectivity index (χ0n) is 10.7. The molecule has 4 heteroatoms. The third-order valence-electron chi connectivity index (χ3n) is 3.84. The van der Waals surface area contributed by atoms with Gasteiger partial charge in [0, 0.05) is 5.56 Å². The maximum absolute atomic E-state index is 12.4. The smallest absolute Gasteiger partial charge is 0.322 e. The van der Waals surface area contributed by atoms with Crippen molar-refractivity contribution in [3.63, 3.8) is 0 Å². The van der Waals surface area contributed by atoms with Crippen LogP contribution < -0.4 is 0 Å². The second-order valence-corrected chi connectivity index (χ2v) is 4.89. The highest BCUT2D eigenvalue weighted by Gasteiger charge is 2.53. The number of hydrogen-bond donors (Lipinski definition) is 1. The summed E-state index contributed by atoms with van der Waals surface area (Å²) in [6.07, 6.45) is 0. The molecule has 1 aliphatic heterocycles. The first-order valence-corrected chi connectivity index (χ1v) is 5.83. The fourth-order valence-electron chi connectivity index (χ4n) is 2.12. The number of rotatable bonds is 3. The van der Waals surface area contributed by atoms with Crippen LogP contribution in [0.2, 0.25) is 0 Å². The number of Topliss-reactive ketones (excluding diaryl/α,β-unsaturated/α-hetero) is 1. The van der Waals surface area contributed by atoms with Gasteiger partial charge >= 0.3 is 5.97 Å². The molecule has 1 aliphatic rings. The minimum Gasteiger partial charge on any atom is -0.480 e. The number of ether oxygens (including phenoxy) is 1. The zero-order valence-corrected chi connectivity index (χ0v) is 10.7. The second kappa shape index (κ2) is 4.21. The van der Waals surface area contributed by atoms with Gasteiger partial charge in [0.15, 0.2) is 11.2 Å². The van der Waals surface area contributed by atoms with Gasteiger partial charge in [-0.15, -0.1) is 0 Å². The van der Waals surface area contributed by atoms with Crippen molar-refractivity contribution in [2.75, 3.05) is 13.2 Å². The van der Waals surface area contributed by atoms with Crippen molar-refractivity contribution in [3.8, 4) is 0 Å². The number of aliphatic carboxylic acids is 1. The molecule has 0 radical (unpaired) electrons. The number of carbonyl (C=O) groups is 2. The first-order chi connectivity index (χ1) is 8.40. The van der Waals surface area contributed by atoms with Crippen molar-refractivity contribution in [1.82, 2.24) is 0 Å². The summed E-state index contributed by atoms with van der Waals surface area (Å²) in [5.74, 6) is -1.45. The monoisotopic (exact) mass is 248 g/mol. The predicted octanol–water partition coefficient (Wildman–Crippen LogP) is 1.90. The van der Waals surface area contributed by atoms with Gasteiger partial charge in [-0.05, 0) is 37.5 Å². The van der Waals surface area contributed by atoms with E-state index in [1.54, 1.807) is 6.07 Å². The maximum Gasteiger partial charge on any atom is 0.322 e. The van der Waals surface area contributed by atoms with Crippen LogP contribution in [0.1, 0.15) is 27.0 Å². The van der Waals surface area contributed by atoms with Gasteiger partial charge < -0.3 is 9.84 Å². The Labute approximate surface area is 106 Å². The Morgan fingerprint density at radius 1 is 1.17 bits per heavy atom. The lowest BCUT2D eigenvalue weighted by Crippen LogP contribution is -2.55. The number of carboxylic acids is 1. The van der Waals surface area contributed by atoms with E-state index in [0.717, 1.165) is 16.7 Å². The predicted molar refractivity (Wildman–Crippen MR) is 65.9 cm³/mol. The molecule has 96 valence electrons. The van der Waals surface area contributed by atoms with E-state index in [-0.39, 0.29) is 19.0 Å². The highest BCUT2D eigenvalue weighted by atomic mass is 16.5. The van der Waals surface area contributed by atoms with E-state index < -0.39 is 11.4 Å². The lowest BCUT2D eigenvalue weighted by molar-refractivity contribution is -0.169. The molecule has 1 heterocycles. The second-order valence-electron chi connectivity index (χ2n) is 4.89. The van der Waals surface area contributed by atoms with Crippen LogP contribution in [0.25, 0.3) is 0 Å². The summed E-state index contributed by atoms with van der Waals surface area (Å²) < 4.78 is 4.93. The Morgan fingerprint density at radius 2 is 1.78 bits per heavy atom. The van der Waals surface area contributed by atoms with E-state index in [9.17, 15) is 14.7 Å². The lowest BCUT2D eigenvalue weighted by Gasteiger charge is -2.36. The van der Waals surface area contributed by atoms with E-state index in [0.29, 0.717) is 5.56 Å². The van der Waals surface area contributed by atoms with Crippen molar-refractivity contribution in [2.45, 2.75) is 20.8 Å². The fraction of sp³-hybridized carbons (Fsp3) is 0.429. The van der Waals surface area contributed by atoms with Crippen LogP contribution >= 0.6 is 0 Å². The zero-order chi connectivity index (χ0) is 13.5. The standard InChI is InChI=1S/C14H16O4/c1-8-4-5-11(10(3)9(8)2)12(15)14(13(16)17)6-18-7-14/h4-5H,6-7H2,1-3H3,(H,16,17). The lowest BCUT2D eigenvalue weighted by atomic mass is 9.77. The van der Waals surface area contributed by atoms with Crippen LogP contribution in [0, 0.1) is 26.2 Å². The Bertz CT molecular complexity index is 527. The number of aryl methyl sites for hydroxylation is 1. The molecular formula is C14H16O4. The van der Waals surface area contributed by atoms with Crippen molar-refractivity contribution >= 4 is 11.8 Å². The SMILES string of the molecule is Cc1ccc(C(=O)C2(C(=O)O)COC2)c(C)c1C. The minimum absolute atomic E-state index is 0.0342. The van der Waals surface area contributed by atoms with Gasteiger partial charge in [-0.3, -0.25) is 9.59 Å². The normalized spacial score (nSPS) is 17.1. The molecule has 2 rings (SSSR count). The molecule has 0 aliphatic carbocycles. The molecule has 1 aromatic rings. The largest absolute Gasteiger partial charge is 0.480 e. The summed E-state index contributed by atoms with van der Waals surface area (Å²) in [6, 6.07) is 3.56. The van der Waals surface area contributed by atoms with Crippen molar-refractivity contribution < 1.29 is 19.4 Å². The molecule has 1 N–H and O–H groups in total. The van der Waals surface area contributed by atoms with Crippen molar-refractivity contribution in [2.24, 2.45) is 5.41 Å². The molecule has 0 atom stereocenters. The van der Waals surface area contributed by atoms with Crippen LogP contribution in [0.15, 0.2) is 12.1 Å². The number of benzene rings is 1. The first kappa shape index (κ1) is 12.8. The quantitative estimate of drug-likeness (QED) is 0.655. The van der Waals surface area contributed by atoms with E-state index in [1.165, 1.54) is 0 Å². The summed E-state index contributed by atoms with van der Waals surface area (Å²) in [7, 11) is 0. The molecule has 1 fully saturated rings. The third-order valence-corrected chi connectivity index (χ3v) is 3.84. The summed E-state index contributed by atoms with van der Waals surface area (Å²) in [6.45, 7) is 5.69. The Hall–Kier alpha value is -1.68. The molecule has 4 nitrogen and oxygen atoms in total. The summed E-state index contributed by atoms with van der Waals surface area (Å²) in [5, 5.41) is 9.23. The van der Waals surface area contributed by atoms with Gasteiger partial charge in [0.1, 0.15) is 0 Å². The third kappa shape index (κ3) is 1.64. The van der Waals surface area contributed by atoms with Gasteiger partial charge in [0.2, 0.25) is 0 Å². The van der Waals surface area contributed by atoms with Crippen LogP contribution in [-0.4, -0.2) is 30.1 Å². The van der Waals surface area contributed by atoms with Gasteiger partial charge in [0.25, 0.3) is 0 Å². The fourth-order valence-corrected chi connectivity index (χ4v) is 2.12. The average Bonchev–Trinajstić information content (AvgIpc) is 2.23. The first-order valence-electron chi connectivity index (χ1n) is 5.83. The van der Waals surface area contributed by atoms with Crippen LogP contribution in [0.5, 0.6) is 0 Å². The molecule has 18 heavy (non-hydrogen) atoms. The highest BCUT2D eigenvalue weighted by Crippen LogP contribution is 2.34. The molecule has 0 saturated carbocycles. The molecule has 1 saturated heterocycles. The molecule has 0 unspecified atom stereocenters. The maximum atomic E-state index is 12.4. The summed E-state index contributed by atoms with van der Waals surface area (Å²) in [5.41, 5.74) is 2.09. The topological polar surface area (TPSA) is 63.6 Å². The Balaban J connectivity index is 2.47. The minimum atomic E-state index is -1.38. The van der Waals surface area contributed by atoms with E-state index in [4.69, 9.17) is 4.74 Å². The van der Waals surface area contributed by atoms with Crippen LogP contribution in [-0.2, 0) is 9.53 Å². The molecule has 0 bridgehead atoms. The van der Waals surface area contributed by atoms with Gasteiger partial charge in [0.05, 0.1) is 13.2 Å². The highest BCUT2D eigenvalue weighted by molar-refractivity contribution is 6.13. The van der Waals surface area contributed by atoms with Gasteiger partial charge in [-0.2, -0.15) is 0 Å². The molecule has 0 spiro atoms. The Kier molecular flexibility index (Phi) is 2.99. The summed E-state index contributed by atoms with van der Waals surface area (Å²) in [4.78, 5) is 23.7. The molecule has 1 aromatic carbocycles.